The molecule has 0 amide bonds. The van der Waals surface area contributed by atoms with Crippen molar-refractivity contribution < 1.29 is 4.74 Å². The van der Waals surface area contributed by atoms with E-state index in [1.165, 1.54) is 0 Å². The van der Waals surface area contributed by atoms with Crippen molar-refractivity contribution in [2.24, 2.45) is 7.05 Å². The lowest BCUT2D eigenvalue weighted by atomic mass is 9.99. The van der Waals surface area contributed by atoms with Crippen LogP contribution in [0.15, 0.2) is 36.5 Å². The molecule has 0 radical (unpaired) electrons. The van der Waals surface area contributed by atoms with Gasteiger partial charge in [-0.15, -0.1) is 0 Å². The highest BCUT2D eigenvalue weighted by Crippen LogP contribution is 2.30. The second-order valence-electron chi connectivity index (χ2n) is 6.02. The Hall–Kier alpha value is -2.67. The van der Waals surface area contributed by atoms with Crippen molar-refractivity contribution in [3.63, 3.8) is 0 Å². The van der Waals surface area contributed by atoms with Crippen molar-refractivity contribution in [2.75, 3.05) is 17.7 Å². The zero-order valence-corrected chi connectivity index (χ0v) is 13.5. The molecule has 0 saturated carbocycles. The van der Waals surface area contributed by atoms with E-state index in [1.807, 2.05) is 25.2 Å². The predicted molar refractivity (Wildman–Crippen MR) is 92.5 cm³/mol. The van der Waals surface area contributed by atoms with E-state index in [9.17, 15) is 0 Å². The number of nitrogens with two attached hydrogens (primary N) is 1. The van der Waals surface area contributed by atoms with Gasteiger partial charge in [-0.2, -0.15) is 15.1 Å². The Morgan fingerprint density at radius 2 is 2.12 bits per heavy atom. The lowest BCUT2D eigenvalue weighted by molar-refractivity contribution is 0.0952. The Kier molecular flexibility index (Phi) is 3.78. The van der Waals surface area contributed by atoms with E-state index in [0.29, 0.717) is 17.4 Å². The van der Waals surface area contributed by atoms with Crippen molar-refractivity contribution in [3.8, 4) is 0 Å². The van der Waals surface area contributed by atoms with Crippen molar-refractivity contribution in [1.82, 2.24) is 19.7 Å². The number of nitrogens with one attached hydrogen (secondary N) is 1. The fraction of sp³-hybridized carbons (Fsp3) is 0.353. The normalized spacial score (nSPS) is 18.8. The number of anilines is 2. The summed E-state index contributed by atoms with van der Waals surface area (Å²) >= 11 is 0. The van der Waals surface area contributed by atoms with Gasteiger partial charge in [-0.25, -0.2) is 0 Å². The third kappa shape index (κ3) is 2.67. The Balaban J connectivity index is 1.70. The van der Waals surface area contributed by atoms with Gasteiger partial charge in [-0.05, 0) is 18.4 Å². The fourth-order valence-electron chi connectivity index (χ4n) is 3.16. The SMILES string of the molecule is Cn1ncc2c(N)nc(N[C@@H](c3ccccc3)[C@@H]3CCCO3)nc21. The smallest absolute Gasteiger partial charge is 0.227 e. The highest BCUT2D eigenvalue weighted by Gasteiger charge is 2.28. The van der Waals surface area contributed by atoms with Gasteiger partial charge in [-0.1, -0.05) is 30.3 Å². The molecule has 1 aromatic carbocycles. The molecule has 7 nitrogen and oxygen atoms in total. The van der Waals surface area contributed by atoms with E-state index in [1.54, 1.807) is 10.9 Å². The predicted octanol–water partition coefficient (Wildman–Crippen LogP) is 2.28. The van der Waals surface area contributed by atoms with Crippen LogP contribution in [0.5, 0.6) is 0 Å². The van der Waals surface area contributed by atoms with Crippen molar-refractivity contribution in [1.29, 1.82) is 0 Å². The molecule has 1 aliphatic rings. The van der Waals surface area contributed by atoms with E-state index < -0.39 is 0 Å². The molecular weight excluding hydrogens is 304 g/mol. The lowest BCUT2D eigenvalue weighted by Crippen LogP contribution is -2.26. The molecule has 1 fully saturated rings. The topological polar surface area (TPSA) is 90.9 Å². The Morgan fingerprint density at radius 1 is 1.29 bits per heavy atom. The second-order valence-corrected chi connectivity index (χ2v) is 6.02. The Morgan fingerprint density at radius 3 is 2.88 bits per heavy atom. The first-order chi connectivity index (χ1) is 11.7. The first kappa shape index (κ1) is 14.9. The third-order valence-electron chi connectivity index (χ3n) is 4.40. The number of fused-ring (bicyclic) bond motifs is 1. The van der Waals surface area contributed by atoms with Gasteiger partial charge in [0.05, 0.1) is 23.7 Å². The van der Waals surface area contributed by atoms with E-state index in [0.717, 1.165) is 30.4 Å². The summed E-state index contributed by atoms with van der Waals surface area (Å²) in [6.07, 6.45) is 3.86. The van der Waals surface area contributed by atoms with E-state index in [2.05, 4.69) is 32.5 Å². The van der Waals surface area contributed by atoms with Gasteiger partial charge in [0.25, 0.3) is 0 Å². The van der Waals surface area contributed by atoms with Crippen LogP contribution in [0.25, 0.3) is 11.0 Å². The highest BCUT2D eigenvalue weighted by molar-refractivity contribution is 5.86. The van der Waals surface area contributed by atoms with Crippen LogP contribution < -0.4 is 11.1 Å². The highest BCUT2D eigenvalue weighted by atomic mass is 16.5. The molecule has 2 aromatic heterocycles. The molecule has 0 bridgehead atoms. The molecule has 4 rings (SSSR count). The first-order valence-electron chi connectivity index (χ1n) is 8.10. The minimum absolute atomic E-state index is 0.0150. The largest absolute Gasteiger partial charge is 0.383 e. The number of ether oxygens (including phenoxy) is 1. The number of benzene rings is 1. The van der Waals surface area contributed by atoms with Crippen LogP contribution in [0.2, 0.25) is 0 Å². The molecule has 0 spiro atoms. The maximum Gasteiger partial charge on any atom is 0.227 e. The molecule has 124 valence electrons. The van der Waals surface area contributed by atoms with Crippen molar-refractivity contribution in [3.05, 3.63) is 42.1 Å². The quantitative estimate of drug-likeness (QED) is 0.765. The van der Waals surface area contributed by atoms with Crippen LogP contribution in [0.4, 0.5) is 11.8 Å². The number of aryl methyl sites for hydroxylation is 1. The van der Waals surface area contributed by atoms with E-state index in [4.69, 9.17) is 10.5 Å². The summed E-state index contributed by atoms with van der Waals surface area (Å²) in [6.45, 7) is 0.791. The van der Waals surface area contributed by atoms with Crippen LogP contribution in [0, 0.1) is 0 Å². The Bertz CT molecular complexity index is 841. The number of aromatic nitrogens is 4. The second kappa shape index (κ2) is 6.09. The summed E-state index contributed by atoms with van der Waals surface area (Å²) in [5.74, 6) is 0.919. The first-order valence-corrected chi connectivity index (χ1v) is 8.10. The maximum absolute atomic E-state index is 6.06. The molecule has 0 aliphatic carbocycles. The zero-order chi connectivity index (χ0) is 16.5. The molecule has 24 heavy (non-hydrogen) atoms. The van der Waals surface area contributed by atoms with Gasteiger partial charge < -0.3 is 15.8 Å². The summed E-state index contributed by atoms with van der Waals surface area (Å²) in [5.41, 5.74) is 7.92. The number of nitrogen functional groups attached to an aromatic ring is 1. The minimum Gasteiger partial charge on any atom is -0.383 e. The molecule has 0 unspecified atom stereocenters. The number of hydrogen-bond donors (Lipinski definition) is 2. The van der Waals surface area contributed by atoms with E-state index in [-0.39, 0.29) is 12.1 Å². The van der Waals surface area contributed by atoms with Gasteiger partial charge in [0.15, 0.2) is 5.65 Å². The molecule has 3 heterocycles. The zero-order valence-electron chi connectivity index (χ0n) is 13.5. The summed E-state index contributed by atoms with van der Waals surface area (Å²) in [5, 5.41) is 8.37. The molecule has 1 aliphatic heterocycles. The number of hydrogen-bond acceptors (Lipinski definition) is 6. The molecule has 3 aromatic rings. The van der Waals surface area contributed by atoms with Gasteiger partial charge >= 0.3 is 0 Å². The van der Waals surface area contributed by atoms with Crippen molar-refractivity contribution in [2.45, 2.75) is 25.0 Å². The minimum atomic E-state index is -0.0150. The molecule has 7 heteroatoms. The summed E-state index contributed by atoms with van der Waals surface area (Å²) in [6, 6.07) is 10.2. The third-order valence-corrected chi connectivity index (χ3v) is 4.40. The van der Waals surface area contributed by atoms with Gasteiger partial charge in [-0.3, -0.25) is 4.68 Å². The van der Waals surface area contributed by atoms with Crippen LogP contribution >= 0.6 is 0 Å². The molecular formula is C17H20N6O. The molecule has 3 N–H and O–H groups in total. The van der Waals surface area contributed by atoms with Crippen molar-refractivity contribution >= 4 is 22.8 Å². The average molecular weight is 324 g/mol. The van der Waals surface area contributed by atoms with Gasteiger partial charge in [0.2, 0.25) is 5.95 Å². The van der Waals surface area contributed by atoms with Crippen LogP contribution in [-0.4, -0.2) is 32.5 Å². The Labute approximate surface area is 139 Å². The fourth-order valence-corrected chi connectivity index (χ4v) is 3.16. The monoisotopic (exact) mass is 324 g/mol. The summed E-state index contributed by atoms with van der Waals surface area (Å²) < 4.78 is 7.60. The maximum atomic E-state index is 6.06. The average Bonchev–Trinajstić information content (AvgIpc) is 3.24. The number of rotatable bonds is 4. The van der Waals surface area contributed by atoms with Crippen LogP contribution in [0.3, 0.4) is 0 Å². The lowest BCUT2D eigenvalue weighted by Gasteiger charge is -2.24. The van der Waals surface area contributed by atoms with E-state index >= 15 is 0 Å². The standard InChI is InChI=1S/C17H20N6O/c1-23-16-12(10-19-23)15(18)21-17(22-16)20-14(13-8-5-9-24-13)11-6-3-2-4-7-11/h2-4,6-7,10,13-14H,5,8-9H2,1H3,(H3,18,20,21,22)/t13-,14-/m0/s1. The number of nitrogens with zero attached hydrogens (tertiary/aromatic N) is 4. The summed E-state index contributed by atoms with van der Waals surface area (Å²) in [4.78, 5) is 8.97. The summed E-state index contributed by atoms with van der Waals surface area (Å²) in [7, 11) is 1.84. The van der Waals surface area contributed by atoms with Gasteiger partial charge in [0, 0.05) is 13.7 Å². The molecule has 2 atom stereocenters. The molecule has 1 saturated heterocycles. The van der Waals surface area contributed by atoms with Gasteiger partial charge in [0.1, 0.15) is 5.82 Å². The van der Waals surface area contributed by atoms with Crippen LogP contribution in [0.1, 0.15) is 24.4 Å². The van der Waals surface area contributed by atoms with Crippen LogP contribution in [-0.2, 0) is 11.8 Å².